The molecule has 1 nitrogen and oxygen atoms in total. The van der Waals surface area contributed by atoms with Gasteiger partial charge in [0, 0.05) is 0 Å². The van der Waals surface area contributed by atoms with Crippen LogP contribution in [0, 0.1) is 5.92 Å². The van der Waals surface area contributed by atoms with Gasteiger partial charge in [0.05, 0.1) is 12.2 Å². The summed E-state index contributed by atoms with van der Waals surface area (Å²) in [5.74, 6) is 0.848. The quantitative estimate of drug-likeness (QED) is 0.658. The molecular formula is C13H16O. The zero-order valence-corrected chi connectivity index (χ0v) is 8.41. The van der Waals surface area contributed by atoms with Crippen molar-refractivity contribution in [2.24, 2.45) is 5.92 Å². The Hall–Kier alpha value is -0.820. The van der Waals surface area contributed by atoms with Crippen molar-refractivity contribution >= 4 is 0 Å². The Morgan fingerprint density at radius 3 is 2.36 bits per heavy atom. The van der Waals surface area contributed by atoms with E-state index in [0.717, 1.165) is 12.5 Å². The molecular weight excluding hydrogens is 172 g/mol. The first kappa shape index (κ1) is 8.49. The van der Waals surface area contributed by atoms with Gasteiger partial charge in [-0.05, 0) is 37.2 Å². The summed E-state index contributed by atoms with van der Waals surface area (Å²) in [6.45, 7) is 0.981. The Balaban J connectivity index is 1.96. The standard InChI is InChI=1S/C13H16O/c1-2-4-12(5-3-1)13-8-6-11(7-9-13)10-14-13/h1-5,11H,6-10H2. The van der Waals surface area contributed by atoms with E-state index in [0.29, 0.717) is 0 Å². The molecule has 1 heteroatoms. The molecule has 1 aromatic rings. The molecule has 0 amide bonds. The number of rotatable bonds is 1. The van der Waals surface area contributed by atoms with Crippen LogP contribution in [-0.4, -0.2) is 6.61 Å². The van der Waals surface area contributed by atoms with Crippen LogP contribution in [0.2, 0.25) is 0 Å². The molecule has 0 spiro atoms. The molecule has 0 unspecified atom stereocenters. The van der Waals surface area contributed by atoms with Crippen LogP contribution in [-0.2, 0) is 10.3 Å². The molecule has 0 N–H and O–H groups in total. The van der Waals surface area contributed by atoms with Gasteiger partial charge in [0.1, 0.15) is 0 Å². The highest BCUT2D eigenvalue weighted by atomic mass is 16.5. The van der Waals surface area contributed by atoms with E-state index in [4.69, 9.17) is 4.74 Å². The normalized spacial score (nSPS) is 35.9. The fourth-order valence-corrected chi connectivity index (χ4v) is 2.85. The van der Waals surface area contributed by atoms with Crippen LogP contribution in [0.5, 0.6) is 0 Å². The van der Waals surface area contributed by atoms with Crippen molar-refractivity contribution in [3.8, 4) is 0 Å². The average molecular weight is 188 g/mol. The van der Waals surface area contributed by atoms with Gasteiger partial charge in [-0.2, -0.15) is 0 Å². The summed E-state index contributed by atoms with van der Waals surface area (Å²) >= 11 is 0. The van der Waals surface area contributed by atoms with Crippen molar-refractivity contribution in [3.05, 3.63) is 35.9 Å². The van der Waals surface area contributed by atoms with Gasteiger partial charge in [0.15, 0.2) is 0 Å². The molecule has 4 rings (SSSR count). The van der Waals surface area contributed by atoms with Gasteiger partial charge in [0.25, 0.3) is 0 Å². The number of hydrogen-bond acceptors (Lipinski definition) is 1. The highest BCUT2D eigenvalue weighted by Gasteiger charge is 2.42. The lowest BCUT2D eigenvalue weighted by atomic mass is 9.72. The monoisotopic (exact) mass is 188 g/mol. The predicted molar refractivity (Wildman–Crippen MR) is 56.0 cm³/mol. The van der Waals surface area contributed by atoms with Crippen molar-refractivity contribution in [1.82, 2.24) is 0 Å². The van der Waals surface area contributed by atoms with Gasteiger partial charge < -0.3 is 4.74 Å². The third kappa shape index (κ3) is 1.19. The van der Waals surface area contributed by atoms with Crippen molar-refractivity contribution in [2.75, 3.05) is 6.61 Å². The Morgan fingerprint density at radius 1 is 1.07 bits per heavy atom. The lowest BCUT2D eigenvalue weighted by molar-refractivity contribution is -0.149. The van der Waals surface area contributed by atoms with Gasteiger partial charge in [0.2, 0.25) is 0 Å². The molecule has 3 aliphatic rings. The fraction of sp³-hybridized carbons (Fsp3) is 0.538. The minimum atomic E-state index is 0.0794. The molecule has 0 radical (unpaired) electrons. The number of benzene rings is 1. The molecule has 2 saturated heterocycles. The van der Waals surface area contributed by atoms with Crippen LogP contribution in [0.3, 0.4) is 0 Å². The Kier molecular flexibility index (Phi) is 1.88. The van der Waals surface area contributed by atoms with E-state index >= 15 is 0 Å². The van der Waals surface area contributed by atoms with E-state index in [-0.39, 0.29) is 5.60 Å². The molecule has 2 bridgehead atoms. The SMILES string of the molecule is c1ccc(C23CCC(CC2)CO3)cc1. The minimum Gasteiger partial charge on any atom is -0.370 e. The summed E-state index contributed by atoms with van der Waals surface area (Å²) < 4.78 is 6.05. The maximum absolute atomic E-state index is 6.05. The Labute approximate surface area is 85.1 Å². The van der Waals surface area contributed by atoms with E-state index < -0.39 is 0 Å². The number of ether oxygens (including phenoxy) is 1. The smallest absolute Gasteiger partial charge is 0.0931 e. The van der Waals surface area contributed by atoms with Gasteiger partial charge in [-0.25, -0.2) is 0 Å². The third-order valence-electron chi connectivity index (χ3n) is 3.81. The summed E-state index contributed by atoms with van der Waals surface area (Å²) in [4.78, 5) is 0. The summed E-state index contributed by atoms with van der Waals surface area (Å²) in [6.07, 6.45) is 5.16. The maximum Gasteiger partial charge on any atom is 0.0931 e. The maximum atomic E-state index is 6.05. The molecule has 2 aliphatic heterocycles. The van der Waals surface area contributed by atoms with E-state index in [9.17, 15) is 0 Å². The topological polar surface area (TPSA) is 9.23 Å². The first-order valence-corrected chi connectivity index (χ1v) is 5.59. The van der Waals surface area contributed by atoms with Crippen molar-refractivity contribution in [3.63, 3.8) is 0 Å². The molecule has 1 aliphatic carbocycles. The van der Waals surface area contributed by atoms with Crippen LogP contribution < -0.4 is 0 Å². The summed E-state index contributed by atoms with van der Waals surface area (Å²) in [6, 6.07) is 10.7. The lowest BCUT2D eigenvalue weighted by Crippen LogP contribution is -2.42. The molecule has 3 fully saturated rings. The highest BCUT2D eigenvalue weighted by molar-refractivity contribution is 5.24. The van der Waals surface area contributed by atoms with E-state index in [1.165, 1.54) is 31.2 Å². The molecule has 14 heavy (non-hydrogen) atoms. The highest BCUT2D eigenvalue weighted by Crippen LogP contribution is 2.47. The van der Waals surface area contributed by atoms with E-state index in [2.05, 4.69) is 30.3 Å². The molecule has 74 valence electrons. The zero-order valence-electron chi connectivity index (χ0n) is 8.41. The van der Waals surface area contributed by atoms with Gasteiger partial charge in [-0.1, -0.05) is 30.3 Å². The number of fused-ring (bicyclic) bond motifs is 3. The van der Waals surface area contributed by atoms with Crippen LogP contribution >= 0.6 is 0 Å². The fourth-order valence-electron chi connectivity index (χ4n) is 2.85. The van der Waals surface area contributed by atoms with E-state index in [1.807, 2.05) is 0 Å². The Morgan fingerprint density at radius 2 is 1.79 bits per heavy atom. The van der Waals surface area contributed by atoms with Gasteiger partial charge >= 0.3 is 0 Å². The van der Waals surface area contributed by atoms with E-state index in [1.54, 1.807) is 0 Å². The lowest BCUT2D eigenvalue weighted by Gasteiger charge is -2.46. The summed E-state index contributed by atoms with van der Waals surface area (Å²) in [7, 11) is 0. The Bertz CT molecular complexity index is 295. The van der Waals surface area contributed by atoms with Crippen LogP contribution in [0.25, 0.3) is 0 Å². The van der Waals surface area contributed by atoms with Crippen LogP contribution in [0.15, 0.2) is 30.3 Å². The molecule has 1 aromatic carbocycles. The van der Waals surface area contributed by atoms with Crippen molar-refractivity contribution in [1.29, 1.82) is 0 Å². The van der Waals surface area contributed by atoms with Crippen molar-refractivity contribution in [2.45, 2.75) is 31.3 Å². The van der Waals surface area contributed by atoms with Gasteiger partial charge in [-0.15, -0.1) is 0 Å². The molecule has 2 heterocycles. The molecule has 1 saturated carbocycles. The minimum absolute atomic E-state index is 0.0794. The molecule has 0 aromatic heterocycles. The second kappa shape index (κ2) is 3.09. The van der Waals surface area contributed by atoms with Crippen LogP contribution in [0.4, 0.5) is 0 Å². The summed E-state index contributed by atoms with van der Waals surface area (Å²) in [5, 5.41) is 0. The zero-order chi connectivity index (χ0) is 9.43. The third-order valence-corrected chi connectivity index (χ3v) is 3.81. The van der Waals surface area contributed by atoms with Gasteiger partial charge in [-0.3, -0.25) is 0 Å². The second-order valence-electron chi connectivity index (χ2n) is 4.61. The summed E-state index contributed by atoms with van der Waals surface area (Å²) in [5.41, 5.74) is 1.47. The van der Waals surface area contributed by atoms with Crippen LogP contribution in [0.1, 0.15) is 31.2 Å². The second-order valence-corrected chi connectivity index (χ2v) is 4.61. The average Bonchev–Trinajstić information content (AvgIpc) is 2.33. The van der Waals surface area contributed by atoms with Crippen molar-refractivity contribution < 1.29 is 4.74 Å². The first-order chi connectivity index (χ1) is 6.89. The number of hydrogen-bond donors (Lipinski definition) is 0. The predicted octanol–water partition coefficient (Wildman–Crippen LogP) is 3.10. The molecule has 0 atom stereocenters. The largest absolute Gasteiger partial charge is 0.370 e. The first-order valence-electron chi connectivity index (χ1n) is 5.59.